The van der Waals surface area contributed by atoms with E-state index in [2.05, 4.69) is 10.0 Å². The van der Waals surface area contributed by atoms with Gasteiger partial charge in [0.15, 0.2) is 0 Å². The number of nitrogens with zero attached hydrogens (tertiary/aromatic N) is 2. The highest BCUT2D eigenvalue weighted by molar-refractivity contribution is 7.89. The Bertz CT molecular complexity index is 1070. The summed E-state index contributed by atoms with van der Waals surface area (Å²) >= 11 is 0. The van der Waals surface area contributed by atoms with Crippen LogP contribution in [0, 0.1) is 11.3 Å². The first-order valence-corrected chi connectivity index (χ1v) is 9.47. The molecule has 3 rings (SSSR count). The summed E-state index contributed by atoms with van der Waals surface area (Å²) in [6, 6.07) is 12.6. The highest BCUT2D eigenvalue weighted by Crippen LogP contribution is 2.29. The summed E-state index contributed by atoms with van der Waals surface area (Å²) in [5, 5.41) is 11.4. The molecule has 138 valence electrons. The van der Waals surface area contributed by atoms with Gasteiger partial charge in [0.25, 0.3) is 0 Å². The SMILES string of the molecule is CN1C(=O)Cc2cc(S(=O)(=O)NCC(=O)Nc3cccc(C#N)c3)ccc21. The molecular formula is C18H16N4O4S. The zero-order valence-corrected chi connectivity index (χ0v) is 15.2. The van der Waals surface area contributed by atoms with E-state index in [4.69, 9.17) is 5.26 Å². The van der Waals surface area contributed by atoms with Gasteiger partial charge in [-0.25, -0.2) is 13.1 Å². The number of likely N-dealkylation sites (N-methyl/N-ethyl adjacent to an activating group) is 1. The minimum atomic E-state index is -3.91. The number of hydrogen-bond acceptors (Lipinski definition) is 5. The average molecular weight is 384 g/mol. The topological polar surface area (TPSA) is 119 Å². The van der Waals surface area contributed by atoms with Crippen LogP contribution in [0.1, 0.15) is 11.1 Å². The van der Waals surface area contributed by atoms with Crippen molar-refractivity contribution in [2.45, 2.75) is 11.3 Å². The van der Waals surface area contributed by atoms with Crippen molar-refractivity contribution in [1.29, 1.82) is 5.26 Å². The van der Waals surface area contributed by atoms with E-state index in [9.17, 15) is 18.0 Å². The van der Waals surface area contributed by atoms with Crippen LogP contribution in [-0.2, 0) is 26.0 Å². The molecule has 0 unspecified atom stereocenters. The Kier molecular flexibility index (Phi) is 4.94. The number of fused-ring (bicyclic) bond motifs is 1. The molecule has 1 aliphatic rings. The van der Waals surface area contributed by atoms with Crippen LogP contribution < -0.4 is 14.9 Å². The number of nitrogens with one attached hydrogen (secondary N) is 2. The van der Waals surface area contributed by atoms with E-state index in [1.165, 1.54) is 23.1 Å². The average Bonchev–Trinajstić information content (AvgIpc) is 2.94. The molecule has 1 heterocycles. The van der Waals surface area contributed by atoms with E-state index in [0.29, 0.717) is 22.5 Å². The van der Waals surface area contributed by atoms with Crippen LogP contribution in [0.2, 0.25) is 0 Å². The molecule has 0 atom stereocenters. The number of carbonyl (C=O) groups is 2. The van der Waals surface area contributed by atoms with E-state index in [1.54, 1.807) is 31.3 Å². The summed E-state index contributed by atoms with van der Waals surface area (Å²) in [6.07, 6.45) is 0.144. The van der Waals surface area contributed by atoms with Crippen molar-refractivity contribution < 1.29 is 18.0 Å². The molecule has 1 aliphatic heterocycles. The molecule has 0 bridgehead atoms. The molecule has 0 saturated heterocycles. The Labute approximate surface area is 156 Å². The summed E-state index contributed by atoms with van der Waals surface area (Å²) < 4.78 is 27.1. The predicted octanol–water partition coefficient (Wildman–Crippen LogP) is 0.994. The van der Waals surface area contributed by atoms with Crippen LogP contribution in [0.4, 0.5) is 11.4 Å². The first-order chi connectivity index (χ1) is 12.8. The van der Waals surface area contributed by atoms with Crippen LogP contribution in [0.15, 0.2) is 47.4 Å². The highest BCUT2D eigenvalue weighted by Gasteiger charge is 2.26. The third kappa shape index (κ3) is 3.97. The van der Waals surface area contributed by atoms with Crippen molar-refractivity contribution in [1.82, 2.24) is 4.72 Å². The fourth-order valence-corrected chi connectivity index (χ4v) is 3.76. The fourth-order valence-electron chi connectivity index (χ4n) is 2.73. The monoisotopic (exact) mass is 384 g/mol. The van der Waals surface area contributed by atoms with Gasteiger partial charge in [0.1, 0.15) is 0 Å². The molecule has 2 N–H and O–H groups in total. The number of nitriles is 1. The van der Waals surface area contributed by atoms with Gasteiger partial charge in [0.05, 0.1) is 29.5 Å². The van der Waals surface area contributed by atoms with Crippen molar-refractivity contribution in [3.63, 3.8) is 0 Å². The zero-order valence-electron chi connectivity index (χ0n) is 14.4. The molecule has 0 aliphatic carbocycles. The Morgan fingerprint density at radius 2 is 2.04 bits per heavy atom. The van der Waals surface area contributed by atoms with E-state index in [-0.39, 0.29) is 17.2 Å². The lowest BCUT2D eigenvalue weighted by atomic mass is 10.2. The largest absolute Gasteiger partial charge is 0.325 e. The number of benzene rings is 2. The third-order valence-electron chi connectivity index (χ3n) is 4.14. The van der Waals surface area contributed by atoms with Crippen molar-refractivity contribution in [3.05, 3.63) is 53.6 Å². The molecule has 0 spiro atoms. The number of rotatable bonds is 5. The molecule has 2 aromatic rings. The molecule has 0 radical (unpaired) electrons. The molecule has 0 saturated carbocycles. The Balaban J connectivity index is 1.67. The molecule has 9 heteroatoms. The summed E-state index contributed by atoms with van der Waals surface area (Å²) in [5.41, 5.74) is 2.08. The second-order valence-electron chi connectivity index (χ2n) is 5.99. The molecule has 27 heavy (non-hydrogen) atoms. The van der Waals surface area contributed by atoms with Crippen LogP contribution in [0.3, 0.4) is 0 Å². The maximum Gasteiger partial charge on any atom is 0.241 e. The van der Waals surface area contributed by atoms with Gasteiger partial charge in [0, 0.05) is 18.4 Å². The Morgan fingerprint density at radius 1 is 1.26 bits per heavy atom. The lowest BCUT2D eigenvalue weighted by molar-refractivity contribution is -0.117. The van der Waals surface area contributed by atoms with Gasteiger partial charge >= 0.3 is 0 Å². The standard InChI is InChI=1S/C18H16N4O4S/c1-22-16-6-5-15(8-13(16)9-18(22)24)27(25,26)20-11-17(23)21-14-4-2-3-12(7-14)10-19/h2-8,20H,9,11H2,1H3,(H,21,23). The van der Waals surface area contributed by atoms with E-state index < -0.39 is 22.5 Å². The molecule has 0 fully saturated rings. The second kappa shape index (κ2) is 7.19. The fraction of sp³-hybridized carbons (Fsp3) is 0.167. The second-order valence-corrected chi connectivity index (χ2v) is 7.75. The van der Waals surface area contributed by atoms with Crippen LogP contribution in [-0.4, -0.2) is 33.8 Å². The van der Waals surface area contributed by atoms with Gasteiger partial charge in [-0.1, -0.05) is 6.07 Å². The number of amides is 2. The van der Waals surface area contributed by atoms with Crippen LogP contribution in [0.5, 0.6) is 0 Å². The predicted molar refractivity (Wildman–Crippen MR) is 98.5 cm³/mol. The van der Waals surface area contributed by atoms with Gasteiger partial charge in [-0.05, 0) is 42.0 Å². The maximum atomic E-state index is 12.4. The normalized spacial score (nSPS) is 13.2. The van der Waals surface area contributed by atoms with Gasteiger partial charge in [-0.2, -0.15) is 5.26 Å². The van der Waals surface area contributed by atoms with E-state index in [1.807, 2.05) is 6.07 Å². The lowest BCUT2D eigenvalue weighted by Crippen LogP contribution is -2.33. The van der Waals surface area contributed by atoms with Gasteiger partial charge in [-0.15, -0.1) is 0 Å². The van der Waals surface area contributed by atoms with Gasteiger partial charge < -0.3 is 10.2 Å². The van der Waals surface area contributed by atoms with Crippen molar-refractivity contribution in [2.75, 3.05) is 23.8 Å². The smallest absolute Gasteiger partial charge is 0.241 e. The van der Waals surface area contributed by atoms with Crippen molar-refractivity contribution >= 4 is 33.2 Å². The summed E-state index contributed by atoms with van der Waals surface area (Å²) in [6.45, 7) is -0.463. The van der Waals surface area contributed by atoms with Crippen LogP contribution in [0.25, 0.3) is 0 Å². The summed E-state index contributed by atoms with van der Waals surface area (Å²) in [7, 11) is -2.28. The van der Waals surface area contributed by atoms with E-state index >= 15 is 0 Å². The van der Waals surface area contributed by atoms with Gasteiger partial charge in [0.2, 0.25) is 21.8 Å². The quantitative estimate of drug-likeness (QED) is 0.797. The first kappa shape index (κ1) is 18.6. The Hall–Kier alpha value is -3.22. The third-order valence-corrected chi connectivity index (χ3v) is 5.54. The van der Waals surface area contributed by atoms with E-state index in [0.717, 1.165) is 0 Å². The number of hydrogen-bond donors (Lipinski definition) is 2. The molecule has 0 aromatic heterocycles. The lowest BCUT2D eigenvalue weighted by Gasteiger charge is -2.11. The molecular weight excluding hydrogens is 368 g/mol. The molecule has 8 nitrogen and oxygen atoms in total. The summed E-state index contributed by atoms with van der Waals surface area (Å²) in [4.78, 5) is 25.2. The van der Waals surface area contributed by atoms with Crippen molar-refractivity contribution in [3.8, 4) is 6.07 Å². The van der Waals surface area contributed by atoms with Crippen LogP contribution >= 0.6 is 0 Å². The zero-order chi connectivity index (χ0) is 19.6. The minimum Gasteiger partial charge on any atom is -0.325 e. The summed E-state index contributed by atoms with van der Waals surface area (Å²) in [5.74, 6) is -0.670. The Morgan fingerprint density at radius 3 is 2.78 bits per heavy atom. The number of anilines is 2. The number of sulfonamides is 1. The molecule has 2 aromatic carbocycles. The number of carbonyl (C=O) groups excluding carboxylic acids is 2. The minimum absolute atomic E-state index is 0.0105. The van der Waals surface area contributed by atoms with Crippen molar-refractivity contribution in [2.24, 2.45) is 0 Å². The van der Waals surface area contributed by atoms with Gasteiger partial charge in [-0.3, -0.25) is 9.59 Å². The first-order valence-electron chi connectivity index (χ1n) is 7.99. The highest BCUT2D eigenvalue weighted by atomic mass is 32.2. The molecule has 2 amide bonds. The maximum absolute atomic E-state index is 12.4.